The number of methoxy groups -OCH3 is 1. The molecule has 0 spiro atoms. The number of thiazole rings is 1. The van der Waals surface area contributed by atoms with E-state index >= 15 is 0 Å². The third-order valence-electron chi connectivity index (χ3n) is 4.72. The largest absolute Gasteiger partial charge is 0.383 e. The predicted molar refractivity (Wildman–Crippen MR) is 111 cm³/mol. The average Bonchev–Trinajstić information content (AvgIpc) is 3.26. The number of aromatic nitrogens is 1. The molecular weight excluding hydrogens is 414 g/mol. The summed E-state index contributed by atoms with van der Waals surface area (Å²) >= 11 is 1.33. The number of likely N-dealkylation sites (tertiary alicyclic amines) is 1. The van der Waals surface area contributed by atoms with Gasteiger partial charge in [0.15, 0.2) is 14.6 Å². The molecule has 2 aromatic rings. The number of hydrogen-bond acceptors (Lipinski definition) is 6. The highest BCUT2D eigenvalue weighted by Gasteiger charge is 2.26. The Morgan fingerprint density at radius 2 is 1.93 bits per heavy atom. The van der Waals surface area contributed by atoms with Crippen molar-refractivity contribution in [3.05, 3.63) is 28.6 Å². The van der Waals surface area contributed by atoms with Crippen LogP contribution in [0.5, 0.6) is 0 Å². The fourth-order valence-corrected chi connectivity index (χ4v) is 5.56. The molecule has 0 bridgehead atoms. The Hall–Kier alpha value is -2.04. The van der Waals surface area contributed by atoms with Gasteiger partial charge in [-0.15, -0.1) is 0 Å². The summed E-state index contributed by atoms with van der Waals surface area (Å²) in [5.74, 6) is -2.63. The van der Waals surface area contributed by atoms with Crippen LogP contribution in [0.25, 0.3) is 10.2 Å². The zero-order chi connectivity index (χ0) is 21.0. The number of nitrogens with zero attached hydrogens (tertiary/aromatic N) is 3. The Morgan fingerprint density at radius 1 is 1.21 bits per heavy atom. The zero-order valence-corrected chi connectivity index (χ0v) is 18.2. The number of hydrogen-bond donors (Lipinski definition) is 0. The smallest absolute Gasteiger partial charge is 0.263 e. The number of rotatable bonds is 7. The van der Waals surface area contributed by atoms with Crippen LogP contribution in [0.1, 0.15) is 18.4 Å². The minimum Gasteiger partial charge on any atom is -0.383 e. The second-order valence-corrected chi connectivity index (χ2v) is 10.2. The van der Waals surface area contributed by atoms with E-state index in [4.69, 9.17) is 4.74 Å². The van der Waals surface area contributed by atoms with E-state index in [1.807, 2.05) is 29.7 Å². The maximum absolute atomic E-state index is 12.4. The first-order chi connectivity index (χ1) is 13.8. The Balaban J connectivity index is 1.82. The van der Waals surface area contributed by atoms with E-state index in [1.165, 1.54) is 16.2 Å². The average molecular weight is 440 g/mol. The highest BCUT2D eigenvalue weighted by atomic mass is 32.2. The molecule has 1 aliphatic heterocycles. The molecule has 2 heterocycles. The van der Waals surface area contributed by atoms with Crippen LogP contribution in [-0.2, 0) is 30.7 Å². The molecular formula is C19H25N3O5S2. The van der Waals surface area contributed by atoms with E-state index in [9.17, 15) is 18.0 Å². The standard InChI is InChI=1S/C19H25N3O5S2/c1-14-5-6-15-16(11-14)28-19(22(15)9-10-27-2)20-17(23)12-29(25,26)13-18(24)21-7-3-4-8-21/h5-6,11H,3-4,7-10,12-13H2,1-2H3. The Kier molecular flexibility index (Phi) is 6.86. The SMILES string of the molecule is COCCn1c(=NC(=O)CS(=O)(=O)CC(=O)N2CCCC2)sc2cc(C)ccc21. The fourth-order valence-electron chi connectivity index (χ4n) is 3.29. The summed E-state index contributed by atoms with van der Waals surface area (Å²) < 4.78 is 32.6. The highest BCUT2D eigenvalue weighted by Crippen LogP contribution is 2.19. The van der Waals surface area contributed by atoms with Crippen LogP contribution in [0.2, 0.25) is 0 Å². The summed E-state index contributed by atoms with van der Waals surface area (Å²) in [6.45, 7) is 4.06. The maximum atomic E-state index is 12.4. The molecule has 1 fully saturated rings. The highest BCUT2D eigenvalue weighted by molar-refractivity contribution is 7.92. The third kappa shape index (κ3) is 5.52. The summed E-state index contributed by atoms with van der Waals surface area (Å²) in [7, 11) is -2.28. The third-order valence-corrected chi connectivity index (χ3v) is 7.14. The number of amides is 2. The number of ether oxygens (including phenoxy) is 1. The van der Waals surface area contributed by atoms with E-state index < -0.39 is 33.2 Å². The topological polar surface area (TPSA) is 98.0 Å². The van der Waals surface area contributed by atoms with E-state index in [0.29, 0.717) is 31.0 Å². The van der Waals surface area contributed by atoms with Crippen LogP contribution in [0.4, 0.5) is 0 Å². The second-order valence-electron chi connectivity index (χ2n) is 7.13. The van der Waals surface area contributed by atoms with Crippen molar-refractivity contribution < 1.29 is 22.7 Å². The zero-order valence-electron chi connectivity index (χ0n) is 16.6. The summed E-state index contributed by atoms with van der Waals surface area (Å²) in [5, 5.41) is 0. The molecule has 1 aromatic heterocycles. The number of sulfone groups is 1. The van der Waals surface area contributed by atoms with Crippen molar-refractivity contribution in [1.82, 2.24) is 9.47 Å². The Labute approximate surface area is 173 Å². The van der Waals surface area contributed by atoms with E-state index in [2.05, 4.69) is 4.99 Å². The lowest BCUT2D eigenvalue weighted by molar-refractivity contribution is -0.127. The predicted octanol–water partition coefficient (Wildman–Crippen LogP) is 1.12. The molecule has 1 saturated heterocycles. The lowest BCUT2D eigenvalue weighted by Crippen LogP contribution is -2.35. The minimum absolute atomic E-state index is 0.425. The maximum Gasteiger partial charge on any atom is 0.263 e. The van der Waals surface area contributed by atoms with Crippen LogP contribution in [0.3, 0.4) is 0 Å². The summed E-state index contributed by atoms with van der Waals surface area (Å²) in [5.41, 5.74) is 2.00. The molecule has 158 valence electrons. The van der Waals surface area contributed by atoms with Crippen LogP contribution in [0, 0.1) is 6.92 Å². The molecule has 0 saturated carbocycles. The van der Waals surface area contributed by atoms with Crippen molar-refractivity contribution in [3.8, 4) is 0 Å². The quantitative estimate of drug-likeness (QED) is 0.644. The van der Waals surface area contributed by atoms with Crippen molar-refractivity contribution in [1.29, 1.82) is 0 Å². The van der Waals surface area contributed by atoms with Gasteiger partial charge in [0.05, 0.1) is 16.8 Å². The fraction of sp³-hybridized carbons (Fsp3) is 0.526. The molecule has 29 heavy (non-hydrogen) atoms. The number of carbonyl (C=O) groups is 2. The van der Waals surface area contributed by atoms with E-state index in [1.54, 1.807) is 7.11 Å². The molecule has 0 atom stereocenters. The van der Waals surface area contributed by atoms with Crippen LogP contribution in [-0.4, -0.2) is 68.0 Å². The van der Waals surface area contributed by atoms with Gasteiger partial charge in [0.25, 0.3) is 5.91 Å². The molecule has 0 radical (unpaired) electrons. The molecule has 1 aliphatic rings. The first-order valence-corrected chi connectivity index (χ1v) is 12.1. The van der Waals surface area contributed by atoms with E-state index in [0.717, 1.165) is 28.6 Å². The van der Waals surface area contributed by atoms with Crippen molar-refractivity contribution in [2.45, 2.75) is 26.3 Å². The van der Waals surface area contributed by atoms with Crippen LogP contribution in [0.15, 0.2) is 23.2 Å². The van der Waals surface area contributed by atoms with Gasteiger partial charge in [-0.1, -0.05) is 17.4 Å². The molecule has 0 aliphatic carbocycles. The van der Waals surface area contributed by atoms with E-state index in [-0.39, 0.29) is 0 Å². The van der Waals surface area contributed by atoms with Gasteiger partial charge in [-0.2, -0.15) is 4.99 Å². The Bertz CT molecular complexity index is 1080. The molecule has 8 nitrogen and oxygen atoms in total. The van der Waals surface area contributed by atoms with Gasteiger partial charge in [0, 0.05) is 26.7 Å². The van der Waals surface area contributed by atoms with Gasteiger partial charge >= 0.3 is 0 Å². The van der Waals surface area contributed by atoms with Gasteiger partial charge in [0.1, 0.15) is 11.5 Å². The summed E-state index contributed by atoms with van der Waals surface area (Å²) in [6.07, 6.45) is 1.76. The van der Waals surface area contributed by atoms with Crippen LogP contribution < -0.4 is 4.80 Å². The molecule has 10 heteroatoms. The number of benzene rings is 1. The summed E-state index contributed by atoms with van der Waals surface area (Å²) in [6, 6.07) is 5.92. The van der Waals surface area contributed by atoms with Gasteiger partial charge in [-0.25, -0.2) is 8.42 Å². The first kappa shape index (κ1) is 21.7. The molecule has 1 aromatic carbocycles. The van der Waals surface area contributed by atoms with Crippen LogP contribution >= 0.6 is 11.3 Å². The van der Waals surface area contributed by atoms with Gasteiger partial charge in [0.2, 0.25) is 5.91 Å². The van der Waals surface area contributed by atoms with Crippen molar-refractivity contribution in [2.75, 3.05) is 38.3 Å². The van der Waals surface area contributed by atoms with Gasteiger partial charge < -0.3 is 14.2 Å². The minimum atomic E-state index is -3.87. The van der Waals surface area contributed by atoms with Crippen molar-refractivity contribution in [3.63, 3.8) is 0 Å². The molecule has 0 unspecified atom stereocenters. The number of fused-ring (bicyclic) bond motifs is 1. The summed E-state index contributed by atoms with van der Waals surface area (Å²) in [4.78, 5) is 30.5. The monoisotopic (exact) mass is 439 g/mol. The van der Waals surface area contributed by atoms with Gasteiger partial charge in [-0.3, -0.25) is 9.59 Å². The van der Waals surface area contributed by atoms with Crippen molar-refractivity contribution >= 4 is 43.2 Å². The molecule has 3 rings (SSSR count). The molecule has 2 amide bonds. The lowest BCUT2D eigenvalue weighted by atomic mass is 10.2. The van der Waals surface area contributed by atoms with Gasteiger partial charge in [-0.05, 0) is 37.5 Å². The molecule has 0 N–H and O–H groups in total. The normalized spacial score (nSPS) is 15.4. The number of aryl methyl sites for hydroxylation is 1. The Morgan fingerprint density at radius 3 is 2.62 bits per heavy atom. The second kappa shape index (κ2) is 9.19. The van der Waals surface area contributed by atoms with Crippen molar-refractivity contribution in [2.24, 2.45) is 4.99 Å². The lowest BCUT2D eigenvalue weighted by Gasteiger charge is -2.14. The number of carbonyl (C=O) groups excluding carboxylic acids is 2. The first-order valence-electron chi connectivity index (χ1n) is 9.44.